The lowest BCUT2D eigenvalue weighted by Gasteiger charge is -2.09. The van der Waals surface area contributed by atoms with Crippen LogP contribution in [-0.4, -0.2) is 25.2 Å². The monoisotopic (exact) mass is 449 g/mol. The quantitative estimate of drug-likeness (QED) is 0.428. The molecule has 0 fully saturated rings. The van der Waals surface area contributed by atoms with Crippen molar-refractivity contribution in [2.45, 2.75) is 20.4 Å². The Balaban J connectivity index is 1.37. The highest BCUT2D eigenvalue weighted by Gasteiger charge is 2.13. The Morgan fingerprint density at radius 1 is 0.941 bits per heavy atom. The van der Waals surface area contributed by atoms with Crippen LogP contribution in [0.3, 0.4) is 0 Å². The van der Waals surface area contributed by atoms with Gasteiger partial charge < -0.3 is 5.32 Å². The lowest BCUT2D eigenvalue weighted by molar-refractivity contribution is 0.102. The molecule has 0 spiro atoms. The van der Waals surface area contributed by atoms with E-state index in [0.717, 1.165) is 28.1 Å². The van der Waals surface area contributed by atoms with Crippen molar-refractivity contribution in [3.63, 3.8) is 0 Å². The molecule has 0 aliphatic heterocycles. The lowest BCUT2D eigenvalue weighted by atomic mass is 10.1. The summed E-state index contributed by atoms with van der Waals surface area (Å²) in [4.78, 5) is 30.1. The molecule has 3 aromatic carbocycles. The fourth-order valence-corrected chi connectivity index (χ4v) is 4.01. The van der Waals surface area contributed by atoms with Crippen molar-refractivity contribution in [3.05, 3.63) is 118 Å². The first kappa shape index (κ1) is 21.3. The second-order valence-corrected chi connectivity index (χ2v) is 8.33. The van der Waals surface area contributed by atoms with Gasteiger partial charge in [0.15, 0.2) is 5.65 Å². The number of fused-ring (bicyclic) bond motifs is 1. The van der Waals surface area contributed by atoms with Gasteiger partial charge >= 0.3 is 0 Å². The van der Waals surface area contributed by atoms with Crippen LogP contribution in [0.15, 0.2) is 90.1 Å². The Bertz CT molecular complexity index is 1530. The number of hydrogen-bond donors (Lipinski definition) is 1. The third-order valence-electron chi connectivity index (χ3n) is 5.61. The normalized spacial score (nSPS) is 11.0. The molecule has 0 aliphatic carbocycles. The highest BCUT2D eigenvalue weighted by atomic mass is 16.1. The minimum absolute atomic E-state index is 0.161. The second kappa shape index (κ2) is 8.78. The molecule has 7 heteroatoms. The molecule has 1 N–H and O–H groups in total. The van der Waals surface area contributed by atoms with Gasteiger partial charge in [0, 0.05) is 11.3 Å². The Kier molecular flexibility index (Phi) is 5.51. The zero-order valence-corrected chi connectivity index (χ0v) is 18.9. The largest absolute Gasteiger partial charge is 0.322 e. The van der Waals surface area contributed by atoms with E-state index in [1.165, 1.54) is 0 Å². The van der Waals surface area contributed by atoms with Gasteiger partial charge in [-0.15, -0.1) is 0 Å². The Hall–Kier alpha value is -4.52. The molecule has 1 amide bonds. The van der Waals surface area contributed by atoms with Crippen LogP contribution in [-0.2, 0) is 6.54 Å². The zero-order valence-electron chi connectivity index (χ0n) is 18.9. The van der Waals surface area contributed by atoms with Crippen LogP contribution >= 0.6 is 0 Å². The summed E-state index contributed by atoms with van der Waals surface area (Å²) in [6.07, 6.45) is 3.11. The Labute approximate surface area is 196 Å². The van der Waals surface area contributed by atoms with Crippen molar-refractivity contribution >= 4 is 22.6 Å². The maximum atomic E-state index is 13.1. The summed E-state index contributed by atoms with van der Waals surface area (Å²) in [6, 6.07) is 22.6. The zero-order chi connectivity index (χ0) is 23.7. The molecule has 0 saturated heterocycles. The van der Waals surface area contributed by atoms with E-state index in [1.54, 1.807) is 33.9 Å². The first-order chi connectivity index (χ1) is 16.5. The molecule has 5 aromatic rings. The summed E-state index contributed by atoms with van der Waals surface area (Å²) in [7, 11) is 0. The number of nitrogens with one attached hydrogen (secondary N) is 1. The van der Waals surface area contributed by atoms with E-state index in [1.807, 2.05) is 68.4 Å². The van der Waals surface area contributed by atoms with E-state index in [0.29, 0.717) is 23.1 Å². The van der Waals surface area contributed by atoms with Crippen LogP contribution in [0.4, 0.5) is 5.69 Å². The molecule has 2 aromatic heterocycles. The minimum Gasteiger partial charge on any atom is -0.322 e. The minimum atomic E-state index is -0.184. The van der Waals surface area contributed by atoms with E-state index in [9.17, 15) is 9.59 Å². The first-order valence-electron chi connectivity index (χ1n) is 10.9. The molecule has 0 unspecified atom stereocenters. The molecule has 2 heterocycles. The number of anilines is 1. The fourth-order valence-electron chi connectivity index (χ4n) is 4.01. The summed E-state index contributed by atoms with van der Waals surface area (Å²) in [5, 5.41) is 7.74. The summed E-state index contributed by atoms with van der Waals surface area (Å²) < 4.78 is 3.25. The molecule has 34 heavy (non-hydrogen) atoms. The maximum absolute atomic E-state index is 13.1. The number of aryl methyl sites for hydroxylation is 2. The van der Waals surface area contributed by atoms with Crippen LogP contribution in [0.5, 0.6) is 0 Å². The predicted octanol–water partition coefficient (Wildman–Crippen LogP) is 4.50. The number of carbonyl (C=O) groups excluding carboxylic acids is 1. The van der Waals surface area contributed by atoms with Crippen LogP contribution in [0.1, 0.15) is 27.0 Å². The summed E-state index contributed by atoms with van der Waals surface area (Å²) in [6.45, 7) is 4.40. The van der Waals surface area contributed by atoms with E-state index in [2.05, 4.69) is 21.5 Å². The van der Waals surface area contributed by atoms with Crippen LogP contribution < -0.4 is 10.9 Å². The SMILES string of the molecule is Cc1cc(C)cc(-n2ncc3c(=O)n(Cc4ccc(C(=O)Nc5ccccc5)cc4)cnc32)c1. The van der Waals surface area contributed by atoms with E-state index in [4.69, 9.17) is 0 Å². The summed E-state index contributed by atoms with van der Waals surface area (Å²) in [5.41, 5.74) is 5.65. The van der Waals surface area contributed by atoms with Crippen molar-refractivity contribution < 1.29 is 4.79 Å². The number of para-hydroxylation sites is 1. The smallest absolute Gasteiger partial charge is 0.264 e. The van der Waals surface area contributed by atoms with Crippen molar-refractivity contribution in [1.29, 1.82) is 0 Å². The molecule has 0 radical (unpaired) electrons. The van der Waals surface area contributed by atoms with E-state index < -0.39 is 0 Å². The first-order valence-corrected chi connectivity index (χ1v) is 10.9. The molecule has 7 nitrogen and oxygen atoms in total. The molecule has 168 valence electrons. The number of nitrogens with zero attached hydrogens (tertiary/aromatic N) is 4. The summed E-state index contributed by atoms with van der Waals surface area (Å²) in [5.74, 6) is -0.184. The molecule has 0 bridgehead atoms. The Morgan fingerprint density at radius 3 is 2.35 bits per heavy atom. The lowest BCUT2D eigenvalue weighted by Crippen LogP contribution is -2.21. The average Bonchev–Trinajstić information content (AvgIpc) is 3.26. The number of amides is 1. The Morgan fingerprint density at radius 2 is 1.65 bits per heavy atom. The second-order valence-electron chi connectivity index (χ2n) is 8.33. The van der Waals surface area contributed by atoms with Gasteiger partial charge in [-0.2, -0.15) is 5.10 Å². The maximum Gasteiger partial charge on any atom is 0.264 e. The van der Waals surface area contributed by atoms with Gasteiger partial charge in [-0.1, -0.05) is 36.4 Å². The van der Waals surface area contributed by atoms with Gasteiger partial charge in [-0.25, -0.2) is 9.67 Å². The molecule has 0 saturated carbocycles. The third-order valence-corrected chi connectivity index (χ3v) is 5.61. The van der Waals surface area contributed by atoms with Crippen LogP contribution in [0.2, 0.25) is 0 Å². The number of benzene rings is 3. The van der Waals surface area contributed by atoms with Crippen LogP contribution in [0.25, 0.3) is 16.7 Å². The fraction of sp³-hybridized carbons (Fsp3) is 0.111. The van der Waals surface area contributed by atoms with Gasteiger partial charge in [0.2, 0.25) is 0 Å². The molecular formula is C27H23N5O2. The van der Waals surface area contributed by atoms with Gasteiger partial charge in [-0.3, -0.25) is 14.2 Å². The number of hydrogen-bond acceptors (Lipinski definition) is 4. The van der Waals surface area contributed by atoms with Crippen molar-refractivity contribution in [2.24, 2.45) is 0 Å². The van der Waals surface area contributed by atoms with Crippen molar-refractivity contribution in [2.75, 3.05) is 5.32 Å². The third kappa shape index (κ3) is 4.23. The van der Waals surface area contributed by atoms with Crippen molar-refractivity contribution in [1.82, 2.24) is 19.3 Å². The van der Waals surface area contributed by atoms with Gasteiger partial charge in [0.25, 0.3) is 11.5 Å². The number of aromatic nitrogens is 4. The average molecular weight is 450 g/mol. The topological polar surface area (TPSA) is 81.8 Å². The van der Waals surface area contributed by atoms with Gasteiger partial charge in [-0.05, 0) is 66.9 Å². The standard InChI is InChI=1S/C27H23N5O2/c1-18-12-19(2)14-23(13-18)32-25-24(15-29-32)27(34)31(17-28-25)16-20-8-10-21(11-9-20)26(33)30-22-6-4-3-5-7-22/h3-15,17H,16H2,1-2H3,(H,30,33). The highest BCUT2D eigenvalue weighted by Crippen LogP contribution is 2.17. The van der Waals surface area contributed by atoms with Crippen LogP contribution in [0, 0.1) is 13.8 Å². The predicted molar refractivity (Wildman–Crippen MR) is 133 cm³/mol. The summed E-state index contributed by atoms with van der Waals surface area (Å²) >= 11 is 0. The number of carbonyl (C=O) groups is 1. The van der Waals surface area contributed by atoms with E-state index >= 15 is 0 Å². The molecule has 0 aliphatic rings. The molecule has 5 rings (SSSR count). The highest BCUT2D eigenvalue weighted by molar-refractivity contribution is 6.04. The van der Waals surface area contributed by atoms with Gasteiger partial charge in [0.1, 0.15) is 11.7 Å². The van der Waals surface area contributed by atoms with Gasteiger partial charge in [0.05, 0.1) is 18.4 Å². The number of rotatable bonds is 5. The van der Waals surface area contributed by atoms with Crippen molar-refractivity contribution in [3.8, 4) is 5.69 Å². The molecule has 0 atom stereocenters. The molecular weight excluding hydrogens is 426 g/mol. The van der Waals surface area contributed by atoms with E-state index in [-0.39, 0.29) is 11.5 Å².